The van der Waals surface area contributed by atoms with Gasteiger partial charge in [0.15, 0.2) is 11.5 Å². The summed E-state index contributed by atoms with van der Waals surface area (Å²) in [6.07, 6.45) is 0.744. The lowest BCUT2D eigenvalue weighted by atomic mass is 9.91. The third-order valence-corrected chi connectivity index (χ3v) is 5.56. The lowest BCUT2D eigenvalue weighted by Crippen LogP contribution is -2.42. The Kier molecular flexibility index (Phi) is 5.91. The van der Waals surface area contributed by atoms with Crippen LogP contribution in [0.4, 0.5) is 10.5 Å². The molecule has 1 saturated heterocycles. The molecule has 172 valence electrons. The van der Waals surface area contributed by atoms with Gasteiger partial charge in [0, 0.05) is 24.7 Å². The van der Waals surface area contributed by atoms with E-state index in [1.807, 2.05) is 0 Å². The summed E-state index contributed by atoms with van der Waals surface area (Å²) in [5.74, 6) is -0.262. The van der Waals surface area contributed by atoms with Crippen LogP contribution in [0.15, 0.2) is 42.5 Å². The molecule has 3 N–H and O–H groups in total. The quantitative estimate of drug-likeness (QED) is 0.592. The summed E-state index contributed by atoms with van der Waals surface area (Å²) in [5, 5.41) is 7.82. The van der Waals surface area contributed by atoms with Gasteiger partial charge in [-0.1, -0.05) is 6.07 Å². The van der Waals surface area contributed by atoms with Crippen molar-refractivity contribution in [3.8, 4) is 11.5 Å². The molecule has 0 bridgehead atoms. The Morgan fingerprint density at radius 1 is 1.06 bits per heavy atom. The number of imide groups is 1. The van der Waals surface area contributed by atoms with Crippen LogP contribution in [0.25, 0.3) is 0 Å². The molecule has 33 heavy (non-hydrogen) atoms. The van der Waals surface area contributed by atoms with Gasteiger partial charge in [0.05, 0.1) is 13.2 Å². The minimum atomic E-state index is -1.35. The van der Waals surface area contributed by atoms with Gasteiger partial charge in [0.1, 0.15) is 12.1 Å². The highest BCUT2D eigenvalue weighted by molar-refractivity contribution is 6.10. The number of hydrogen-bond donors (Lipinski definition) is 3. The van der Waals surface area contributed by atoms with Gasteiger partial charge in [-0.3, -0.25) is 19.3 Å². The van der Waals surface area contributed by atoms with Crippen molar-refractivity contribution in [1.82, 2.24) is 15.5 Å². The minimum Gasteiger partial charge on any atom is -0.490 e. The molecule has 2 aliphatic heterocycles. The molecule has 2 aliphatic rings. The molecule has 5 amide bonds. The second-order valence-corrected chi connectivity index (χ2v) is 7.86. The van der Waals surface area contributed by atoms with Crippen LogP contribution in [0.2, 0.25) is 0 Å². The Labute approximate surface area is 190 Å². The summed E-state index contributed by atoms with van der Waals surface area (Å²) in [6, 6.07) is 10.7. The monoisotopic (exact) mass is 452 g/mol. The maximum absolute atomic E-state index is 13.2. The van der Waals surface area contributed by atoms with Gasteiger partial charge in [-0.05, 0) is 48.9 Å². The maximum atomic E-state index is 13.2. The average Bonchev–Trinajstić information content (AvgIpc) is 2.97. The molecule has 2 aromatic carbocycles. The second-order valence-electron chi connectivity index (χ2n) is 7.86. The van der Waals surface area contributed by atoms with Crippen LogP contribution in [-0.4, -0.2) is 55.5 Å². The van der Waals surface area contributed by atoms with Crippen molar-refractivity contribution in [2.45, 2.75) is 18.9 Å². The summed E-state index contributed by atoms with van der Waals surface area (Å²) in [7, 11) is 1.52. The first-order valence-corrected chi connectivity index (χ1v) is 10.5. The Morgan fingerprint density at radius 3 is 2.45 bits per heavy atom. The number of carbonyl (C=O) groups excluding carboxylic acids is 4. The van der Waals surface area contributed by atoms with Crippen molar-refractivity contribution in [3.05, 3.63) is 53.6 Å². The van der Waals surface area contributed by atoms with Gasteiger partial charge in [-0.25, -0.2) is 4.79 Å². The van der Waals surface area contributed by atoms with E-state index in [1.165, 1.54) is 7.05 Å². The fraction of sp³-hybridized carbons (Fsp3) is 0.304. The SMILES string of the molecule is CNC(=O)c1ccc(NC(=O)CN2C(=O)N[C@](C)(c3ccc4c(c3)OCCCO4)C2=O)cc1. The molecule has 1 fully saturated rings. The number of fused-ring (bicyclic) bond motifs is 1. The third-order valence-electron chi connectivity index (χ3n) is 5.56. The predicted molar refractivity (Wildman–Crippen MR) is 118 cm³/mol. The lowest BCUT2D eigenvalue weighted by molar-refractivity contribution is -0.133. The number of carbonyl (C=O) groups is 4. The highest BCUT2D eigenvalue weighted by Crippen LogP contribution is 2.36. The fourth-order valence-electron chi connectivity index (χ4n) is 3.70. The molecule has 0 aromatic heterocycles. The Balaban J connectivity index is 1.46. The van der Waals surface area contributed by atoms with Crippen LogP contribution < -0.4 is 25.4 Å². The predicted octanol–water partition coefficient (Wildman–Crippen LogP) is 1.61. The Hall–Kier alpha value is -4.08. The summed E-state index contributed by atoms with van der Waals surface area (Å²) >= 11 is 0. The second kappa shape index (κ2) is 8.81. The van der Waals surface area contributed by atoms with Crippen molar-refractivity contribution >= 4 is 29.4 Å². The molecule has 0 aliphatic carbocycles. The molecule has 0 saturated carbocycles. The van der Waals surface area contributed by atoms with Crippen LogP contribution >= 0.6 is 0 Å². The summed E-state index contributed by atoms with van der Waals surface area (Å²) in [4.78, 5) is 50.7. The first-order valence-electron chi connectivity index (χ1n) is 10.5. The van der Waals surface area contributed by atoms with E-state index in [0.717, 1.165) is 11.3 Å². The number of amides is 5. The van der Waals surface area contributed by atoms with Gasteiger partial charge in [0.25, 0.3) is 11.8 Å². The van der Waals surface area contributed by atoms with E-state index in [1.54, 1.807) is 49.4 Å². The maximum Gasteiger partial charge on any atom is 0.325 e. The number of rotatable bonds is 5. The van der Waals surface area contributed by atoms with E-state index < -0.39 is 29.9 Å². The van der Waals surface area contributed by atoms with Gasteiger partial charge >= 0.3 is 6.03 Å². The molecule has 2 aromatic rings. The van der Waals surface area contributed by atoms with Crippen molar-refractivity contribution in [2.24, 2.45) is 0 Å². The number of ether oxygens (including phenoxy) is 2. The molecular formula is C23H24N4O6. The van der Waals surface area contributed by atoms with E-state index in [4.69, 9.17) is 9.47 Å². The van der Waals surface area contributed by atoms with Gasteiger partial charge in [0.2, 0.25) is 5.91 Å². The number of benzene rings is 2. The zero-order valence-corrected chi connectivity index (χ0v) is 18.3. The Morgan fingerprint density at radius 2 is 1.76 bits per heavy atom. The number of nitrogens with one attached hydrogen (secondary N) is 3. The zero-order chi connectivity index (χ0) is 23.6. The van der Waals surface area contributed by atoms with Gasteiger partial charge in [-0.2, -0.15) is 0 Å². The van der Waals surface area contributed by atoms with E-state index in [-0.39, 0.29) is 5.91 Å². The average molecular weight is 452 g/mol. The van der Waals surface area contributed by atoms with Crippen LogP contribution in [0.3, 0.4) is 0 Å². The molecular weight excluding hydrogens is 428 g/mol. The van der Waals surface area contributed by atoms with Crippen LogP contribution in [0.5, 0.6) is 11.5 Å². The highest BCUT2D eigenvalue weighted by atomic mass is 16.5. The van der Waals surface area contributed by atoms with E-state index >= 15 is 0 Å². The van der Waals surface area contributed by atoms with E-state index in [9.17, 15) is 19.2 Å². The standard InChI is InChI=1S/C23H24N4O6/c1-23(15-6-9-17-18(12-15)33-11-3-10-32-17)21(30)27(22(31)26-23)13-19(28)25-16-7-4-14(5-8-16)20(29)24-2/h4-9,12H,3,10-11,13H2,1-2H3,(H,24,29)(H,25,28)(H,26,31)/t23-/m1/s1. The van der Waals surface area contributed by atoms with Crippen molar-refractivity contribution in [2.75, 3.05) is 32.1 Å². The summed E-state index contributed by atoms with van der Waals surface area (Å²) in [6.45, 7) is 2.16. The van der Waals surface area contributed by atoms with E-state index in [2.05, 4.69) is 16.0 Å². The number of anilines is 1. The zero-order valence-electron chi connectivity index (χ0n) is 18.3. The molecule has 0 spiro atoms. The van der Waals surface area contributed by atoms with Crippen molar-refractivity contribution in [1.29, 1.82) is 0 Å². The number of hydrogen-bond acceptors (Lipinski definition) is 6. The first kappa shape index (κ1) is 22.1. The van der Waals surface area contributed by atoms with Gasteiger partial charge < -0.3 is 25.4 Å². The smallest absolute Gasteiger partial charge is 0.325 e. The molecule has 10 heteroatoms. The number of nitrogens with zero attached hydrogens (tertiary/aromatic N) is 1. The van der Waals surface area contributed by atoms with Crippen LogP contribution in [-0.2, 0) is 15.1 Å². The molecule has 0 radical (unpaired) electrons. The van der Waals surface area contributed by atoms with Crippen molar-refractivity contribution in [3.63, 3.8) is 0 Å². The van der Waals surface area contributed by atoms with Crippen LogP contribution in [0, 0.1) is 0 Å². The molecule has 4 rings (SSSR count). The number of urea groups is 1. The lowest BCUT2D eigenvalue weighted by Gasteiger charge is -2.23. The third kappa shape index (κ3) is 4.32. The molecule has 0 unspecified atom stereocenters. The topological polar surface area (TPSA) is 126 Å². The molecule has 2 heterocycles. The van der Waals surface area contributed by atoms with E-state index in [0.29, 0.717) is 41.5 Å². The molecule has 1 atom stereocenters. The van der Waals surface area contributed by atoms with Gasteiger partial charge in [-0.15, -0.1) is 0 Å². The largest absolute Gasteiger partial charge is 0.490 e. The van der Waals surface area contributed by atoms with Crippen molar-refractivity contribution < 1.29 is 28.7 Å². The highest BCUT2D eigenvalue weighted by Gasteiger charge is 2.49. The normalized spacial score (nSPS) is 19.5. The minimum absolute atomic E-state index is 0.249. The summed E-state index contributed by atoms with van der Waals surface area (Å²) < 4.78 is 11.3. The fourth-order valence-corrected chi connectivity index (χ4v) is 3.70. The Bertz CT molecular complexity index is 1120. The first-order chi connectivity index (χ1) is 15.8. The summed E-state index contributed by atoms with van der Waals surface area (Å²) in [5.41, 5.74) is 0.0516. The molecule has 10 nitrogen and oxygen atoms in total. The van der Waals surface area contributed by atoms with Crippen LogP contribution in [0.1, 0.15) is 29.3 Å².